The molecule has 0 aliphatic carbocycles. The molecule has 3 rings (SSSR count). The molecule has 7 nitrogen and oxygen atoms in total. The zero-order valence-electron chi connectivity index (χ0n) is 17.0. The number of amides is 2. The Morgan fingerprint density at radius 1 is 1.03 bits per heavy atom. The molecule has 0 unspecified atom stereocenters. The SMILES string of the molecule is CC(=O)Nc1ccc(S(=O)(=O)N[C@@H](C)C(=O)N2CC=C(c3ccccc3)CC2)cc1. The van der Waals surface area contributed by atoms with Gasteiger partial charge in [0.2, 0.25) is 21.8 Å². The Labute approximate surface area is 176 Å². The average molecular weight is 428 g/mol. The lowest BCUT2D eigenvalue weighted by molar-refractivity contribution is -0.132. The predicted octanol–water partition coefficient (Wildman–Crippen LogP) is 2.63. The van der Waals surface area contributed by atoms with Gasteiger partial charge in [-0.2, -0.15) is 4.72 Å². The van der Waals surface area contributed by atoms with Gasteiger partial charge < -0.3 is 10.2 Å². The molecule has 2 N–H and O–H groups in total. The van der Waals surface area contributed by atoms with Crippen molar-refractivity contribution in [2.75, 3.05) is 18.4 Å². The third kappa shape index (κ3) is 5.34. The van der Waals surface area contributed by atoms with Gasteiger partial charge in [-0.05, 0) is 48.7 Å². The van der Waals surface area contributed by atoms with E-state index in [1.165, 1.54) is 36.8 Å². The van der Waals surface area contributed by atoms with E-state index >= 15 is 0 Å². The van der Waals surface area contributed by atoms with Gasteiger partial charge in [0.15, 0.2) is 0 Å². The second-order valence-corrected chi connectivity index (χ2v) is 8.89. The van der Waals surface area contributed by atoms with Crippen molar-refractivity contribution in [2.45, 2.75) is 31.2 Å². The maximum absolute atomic E-state index is 12.7. The topological polar surface area (TPSA) is 95.6 Å². The Kier molecular flexibility index (Phi) is 6.69. The van der Waals surface area contributed by atoms with Crippen molar-refractivity contribution < 1.29 is 18.0 Å². The second-order valence-electron chi connectivity index (χ2n) is 7.18. The van der Waals surface area contributed by atoms with Crippen molar-refractivity contribution in [3.05, 3.63) is 66.2 Å². The van der Waals surface area contributed by atoms with Crippen molar-refractivity contribution in [3.63, 3.8) is 0 Å². The van der Waals surface area contributed by atoms with Crippen molar-refractivity contribution >= 4 is 33.1 Å². The molecule has 2 aromatic carbocycles. The van der Waals surface area contributed by atoms with Crippen LogP contribution in [0.4, 0.5) is 5.69 Å². The average Bonchev–Trinajstić information content (AvgIpc) is 2.73. The van der Waals surface area contributed by atoms with Gasteiger partial charge in [-0.1, -0.05) is 36.4 Å². The molecule has 1 atom stereocenters. The molecule has 2 aromatic rings. The number of carbonyl (C=O) groups excluding carboxylic acids is 2. The number of benzene rings is 2. The van der Waals surface area contributed by atoms with Crippen molar-refractivity contribution in [2.24, 2.45) is 0 Å². The molecule has 2 amide bonds. The number of rotatable bonds is 6. The first-order chi connectivity index (χ1) is 14.3. The smallest absolute Gasteiger partial charge is 0.241 e. The first-order valence-corrected chi connectivity index (χ1v) is 11.2. The molecule has 0 saturated heterocycles. The molecule has 0 aromatic heterocycles. The first kappa shape index (κ1) is 21.7. The lowest BCUT2D eigenvalue weighted by Crippen LogP contribution is -2.48. The minimum absolute atomic E-state index is 0.0288. The van der Waals surface area contributed by atoms with E-state index in [-0.39, 0.29) is 16.7 Å². The summed E-state index contributed by atoms with van der Waals surface area (Å²) in [4.78, 5) is 25.5. The minimum Gasteiger partial charge on any atom is -0.337 e. The zero-order valence-corrected chi connectivity index (χ0v) is 17.8. The lowest BCUT2D eigenvalue weighted by atomic mass is 9.99. The van der Waals surface area contributed by atoms with Gasteiger partial charge in [-0.3, -0.25) is 9.59 Å². The summed E-state index contributed by atoms with van der Waals surface area (Å²) < 4.78 is 27.7. The summed E-state index contributed by atoms with van der Waals surface area (Å²) in [7, 11) is -3.87. The van der Waals surface area contributed by atoms with E-state index in [2.05, 4.69) is 10.0 Å². The Morgan fingerprint density at radius 2 is 1.70 bits per heavy atom. The highest BCUT2D eigenvalue weighted by Crippen LogP contribution is 2.22. The van der Waals surface area contributed by atoms with E-state index in [4.69, 9.17) is 0 Å². The number of hydrogen-bond acceptors (Lipinski definition) is 4. The Bertz CT molecular complexity index is 1050. The van der Waals surface area contributed by atoms with Crippen LogP contribution in [0.5, 0.6) is 0 Å². The number of nitrogens with zero attached hydrogens (tertiary/aromatic N) is 1. The summed E-state index contributed by atoms with van der Waals surface area (Å²) in [5.41, 5.74) is 2.83. The van der Waals surface area contributed by atoms with Crippen LogP contribution in [0.2, 0.25) is 0 Å². The van der Waals surface area contributed by atoms with Gasteiger partial charge in [-0.15, -0.1) is 0 Å². The summed E-state index contributed by atoms with van der Waals surface area (Å²) in [6.45, 7) is 3.90. The summed E-state index contributed by atoms with van der Waals surface area (Å²) >= 11 is 0. The molecule has 0 bridgehead atoms. The summed E-state index contributed by atoms with van der Waals surface area (Å²) in [5.74, 6) is -0.509. The van der Waals surface area contributed by atoms with Crippen LogP contribution in [0.3, 0.4) is 0 Å². The van der Waals surface area contributed by atoms with Gasteiger partial charge in [0, 0.05) is 25.7 Å². The quantitative estimate of drug-likeness (QED) is 0.741. The summed E-state index contributed by atoms with van der Waals surface area (Å²) in [6.07, 6.45) is 2.73. The zero-order chi connectivity index (χ0) is 21.7. The van der Waals surface area contributed by atoms with Crippen LogP contribution in [-0.4, -0.2) is 44.3 Å². The molecule has 30 heavy (non-hydrogen) atoms. The van der Waals surface area contributed by atoms with Crippen LogP contribution in [0.25, 0.3) is 5.57 Å². The maximum Gasteiger partial charge on any atom is 0.241 e. The molecular weight excluding hydrogens is 402 g/mol. The van der Waals surface area contributed by atoms with Crippen molar-refractivity contribution in [1.29, 1.82) is 0 Å². The van der Waals surface area contributed by atoms with Crippen LogP contribution in [0.1, 0.15) is 25.8 Å². The first-order valence-electron chi connectivity index (χ1n) is 9.69. The molecule has 1 heterocycles. The van der Waals surface area contributed by atoms with Gasteiger partial charge in [0.25, 0.3) is 0 Å². The van der Waals surface area contributed by atoms with E-state index < -0.39 is 16.1 Å². The van der Waals surface area contributed by atoms with Gasteiger partial charge in [0.05, 0.1) is 10.9 Å². The highest BCUT2D eigenvalue weighted by molar-refractivity contribution is 7.89. The van der Waals surface area contributed by atoms with Crippen LogP contribution < -0.4 is 10.0 Å². The van der Waals surface area contributed by atoms with Crippen LogP contribution >= 0.6 is 0 Å². The monoisotopic (exact) mass is 427 g/mol. The molecule has 1 aliphatic heterocycles. The molecule has 158 valence electrons. The Hall–Kier alpha value is -2.97. The highest BCUT2D eigenvalue weighted by Gasteiger charge is 2.27. The summed E-state index contributed by atoms with van der Waals surface area (Å²) in [5, 5.41) is 2.58. The molecule has 8 heteroatoms. The van der Waals surface area contributed by atoms with Gasteiger partial charge in [-0.25, -0.2) is 8.42 Å². The standard InChI is InChI=1S/C22H25N3O4S/c1-16(24-30(28,29)21-10-8-20(9-11-21)23-17(2)26)22(27)25-14-12-19(13-15-25)18-6-4-3-5-7-18/h3-12,16,24H,13-15H2,1-2H3,(H,23,26)/t16-/m0/s1. The number of carbonyl (C=O) groups is 2. The van der Waals surface area contributed by atoms with Crippen LogP contribution in [-0.2, 0) is 19.6 Å². The second kappa shape index (κ2) is 9.23. The highest BCUT2D eigenvalue weighted by atomic mass is 32.2. The molecule has 1 aliphatic rings. The van der Waals surface area contributed by atoms with Crippen LogP contribution in [0.15, 0.2) is 65.6 Å². The fraction of sp³-hybridized carbons (Fsp3) is 0.273. The number of anilines is 1. The molecule has 0 saturated carbocycles. The summed E-state index contributed by atoms with van der Waals surface area (Å²) in [6, 6.07) is 14.9. The Balaban J connectivity index is 1.62. The van der Waals surface area contributed by atoms with Crippen molar-refractivity contribution in [3.8, 4) is 0 Å². The predicted molar refractivity (Wildman–Crippen MR) is 116 cm³/mol. The van der Waals surface area contributed by atoms with Crippen LogP contribution in [0, 0.1) is 0 Å². The molecule has 0 fully saturated rings. The lowest BCUT2D eigenvalue weighted by Gasteiger charge is -2.29. The molecular formula is C22H25N3O4S. The number of sulfonamides is 1. The van der Waals surface area contributed by atoms with E-state index in [1.807, 2.05) is 36.4 Å². The normalized spacial score (nSPS) is 15.3. The van der Waals surface area contributed by atoms with E-state index in [9.17, 15) is 18.0 Å². The Morgan fingerprint density at radius 3 is 2.27 bits per heavy atom. The fourth-order valence-corrected chi connectivity index (χ4v) is 4.53. The molecule has 0 radical (unpaired) electrons. The third-order valence-electron chi connectivity index (χ3n) is 4.85. The molecule has 0 spiro atoms. The van der Waals surface area contributed by atoms with Crippen molar-refractivity contribution in [1.82, 2.24) is 9.62 Å². The van der Waals surface area contributed by atoms with E-state index in [0.29, 0.717) is 18.8 Å². The largest absolute Gasteiger partial charge is 0.337 e. The maximum atomic E-state index is 12.7. The van der Waals surface area contributed by atoms with E-state index in [1.54, 1.807) is 11.8 Å². The minimum atomic E-state index is -3.87. The van der Waals surface area contributed by atoms with Gasteiger partial charge >= 0.3 is 0 Å². The van der Waals surface area contributed by atoms with Gasteiger partial charge in [0.1, 0.15) is 0 Å². The number of hydrogen-bond donors (Lipinski definition) is 2. The number of nitrogens with one attached hydrogen (secondary N) is 2. The third-order valence-corrected chi connectivity index (χ3v) is 6.41. The van der Waals surface area contributed by atoms with E-state index in [0.717, 1.165) is 12.0 Å². The fourth-order valence-electron chi connectivity index (χ4n) is 3.33.